The molecule has 0 unspecified atom stereocenters. The van der Waals surface area contributed by atoms with Crippen LogP contribution in [-0.2, 0) is 11.2 Å². The summed E-state index contributed by atoms with van der Waals surface area (Å²) in [6, 6.07) is 0. The van der Waals surface area contributed by atoms with Crippen molar-refractivity contribution in [2.24, 2.45) is 0 Å². The van der Waals surface area contributed by atoms with Crippen molar-refractivity contribution in [2.75, 3.05) is 13.1 Å². The summed E-state index contributed by atoms with van der Waals surface area (Å²) in [6.45, 7) is 10.3. The van der Waals surface area contributed by atoms with Gasteiger partial charge in [0.05, 0.1) is 6.42 Å². The Bertz CT molecular complexity index is 463. The molecule has 1 aromatic rings. The summed E-state index contributed by atoms with van der Waals surface area (Å²) in [7, 11) is 0. The highest BCUT2D eigenvalue weighted by molar-refractivity contribution is 7.73. The first-order valence-electron chi connectivity index (χ1n) is 5.26. The second-order valence-electron chi connectivity index (χ2n) is 3.62. The standard InChI is InChI=1S/C12H16N2OS2/c1-4-6-14(7-5-2)11(15)8-10-9(3)13-12(16)17-10/h4-5H,1-2,6-8H2,3H3,(H,13,16). The van der Waals surface area contributed by atoms with Gasteiger partial charge in [0, 0.05) is 23.7 Å². The van der Waals surface area contributed by atoms with Crippen molar-refractivity contribution in [3.63, 3.8) is 0 Å². The third-order valence-corrected chi connectivity index (χ3v) is 3.62. The van der Waals surface area contributed by atoms with E-state index in [0.29, 0.717) is 23.5 Å². The monoisotopic (exact) mass is 268 g/mol. The summed E-state index contributed by atoms with van der Waals surface area (Å²) in [6.07, 6.45) is 3.81. The number of hydrogen-bond acceptors (Lipinski definition) is 3. The van der Waals surface area contributed by atoms with Crippen LogP contribution in [0.3, 0.4) is 0 Å². The van der Waals surface area contributed by atoms with Crippen LogP contribution in [0.25, 0.3) is 0 Å². The molecule has 1 rings (SSSR count). The van der Waals surface area contributed by atoms with Crippen molar-refractivity contribution in [2.45, 2.75) is 13.3 Å². The molecule has 0 radical (unpaired) electrons. The maximum atomic E-state index is 12.0. The lowest BCUT2D eigenvalue weighted by Gasteiger charge is -2.18. The largest absolute Gasteiger partial charge is 0.341 e. The topological polar surface area (TPSA) is 36.1 Å². The Morgan fingerprint density at radius 1 is 1.47 bits per heavy atom. The fraction of sp³-hybridized carbons (Fsp3) is 0.333. The number of carbonyl (C=O) groups excluding carboxylic acids is 1. The zero-order valence-corrected chi connectivity index (χ0v) is 11.5. The first kappa shape index (κ1) is 13.9. The maximum absolute atomic E-state index is 12.0. The molecule has 1 N–H and O–H groups in total. The van der Waals surface area contributed by atoms with Crippen LogP contribution in [0.1, 0.15) is 10.6 Å². The molecule has 0 fully saturated rings. The number of nitrogens with zero attached hydrogens (tertiary/aromatic N) is 1. The fourth-order valence-corrected chi connectivity index (χ4v) is 2.73. The number of aryl methyl sites for hydroxylation is 1. The SMILES string of the molecule is C=CCN(CC=C)C(=O)Cc1sc(=S)[nH]c1C. The second kappa shape index (κ2) is 6.51. The molecular formula is C12H16N2OS2. The van der Waals surface area contributed by atoms with Gasteiger partial charge in [-0.25, -0.2) is 0 Å². The summed E-state index contributed by atoms with van der Waals surface area (Å²) in [5, 5.41) is 0. The molecule has 0 aliphatic rings. The van der Waals surface area contributed by atoms with E-state index in [4.69, 9.17) is 12.2 Å². The molecule has 17 heavy (non-hydrogen) atoms. The minimum Gasteiger partial charge on any atom is -0.341 e. The molecule has 0 spiro atoms. The Kier molecular flexibility index (Phi) is 5.31. The number of nitrogens with one attached hydrogen (secondary N) is 1. The van der Waals surface area contributed by atoms with E-state index >= 15 is 0 Å². The molecule has 0 bridgehead atoms. The number of carbonyl (C=O) groups is 1. The highest BCUT2D eigenvalue weighted by atomic mass is 32.1. The highest BCUT2D eigenvalue weighted by Crippen LogP contribution is 2.16. The Morgan fingerprint density at radius 3 is 2.47 bits per heavy atom. The molecule has 1 aromatic heterocycles. The number of hydrogen-bond donors (Lipinski definition) is 1. The van der Waals surface area contributed by atoms with E-state index in [1.165, 1.54) is 11.3 Å². The number of amides is 1. The lowest BCUT2D eigenvalue weighted by Crippen LogP contribution is -2.32. The van der Waals surface area contributed by atoms with Gasteiger partial charge in [-0.3, -0.25) is 4.79 Å². The summed E-state index contributed by atoms with van der Waals surface area (Å²) in [5.74, 6) is 0.0677. The summed E-state index contributed by atoms with van der Waals surface area (Å²) in [5.41, 5.74) is 0.977. The van der Waals surface area contributed by atoms with E-state index < -0.39 is 0 Å². The molecule has 0 saturated carbocycles. The zero-order chi connectivity index (χ0) is 12.8. The average Bonchev–Trinajstić information content (AvgIpc) is 2.57. The Morgan fingerprint density at radius 2 is 2.06 bits per heavy atom. The van der Waals surface area contributed by atoms with Crippen LogP contribution in [0.5, 0.6) is 0 Å². The van der Waals surface area contributed by atoms with Crippen molar-refractivity contribution in [3.05, 3.63) is 39.8 Å². The predicted octanol–water partition coefficient (Wildman–Crippen LogP) is 2.86. The van der Waals surface area contributed by atoms with Crippen LogP contribution in [0.4, 0.5) is 0 Å². The molecule has 0 saturated heterocycles. The second-order valence-corrected chi connectivity index (χ2v) is 5.39. The molecule has 0 atom stereocenters. The number of aromatic nitrogens is 1. The van der Waals surface area contributed by atoms with E-state index in [2.05, 4.69) is 18.1 Å². The van der Waals surface area contributed by atoms with Crippen molar-refractivity contribution in [1.29, 1.82) is 0 Å². The minimum atomic E-state index is 0.0677. The summed E-state index contributed by atoms with van der Waals surface area (Å²) >= 11 is 6.50. The summed E-state index contributed by atoms with van der Waals surface area (Å²) < 4.78 is 0.712. The third kappa shape index (κ3) is 3.94. The molecule has 3 nitrogen and oxygen atoms in total. The van der Waals surface area contributed by atoms with Crippen LogP contribution in [0.2, 0.25) is 0 Å². The number of rotatable bonds is 6. The quantitative estimate of drug-likeness (QED) is 0.636. The predicted molar refractivity (Wildman–Crippen MR) is 74.9 cm³/mol. The molecular weight excluding hydrogens is 252 g/mol. The van der Waals surface area contributed by atoms with E-state index in [1.807, 2.05) is 6.92 Å². The van der Waals surface area contributed by atoms with Crippen molar-refractivity contribution < 1.29 is 4.79 Å². The number of H-pyrrole nitrogens is 1. The first-order chi connectivity index (χ1) is 8.08. The fourth-order valence-electron chi connectivity index (χ4n) is 1.44. The van der Waals surface area contributed by atoms with Gasteiger partial charge in [-0.05, 0) is 19.1 Å². The van der Waals surface area contributed by atoms with Crippen molar-refractivity contribution in [1.82, 2.24) is 9.88 Å². The number of thiazole rings is 1. The van der Waals surface area contributed by atoms with Crippen LogP contribution < -0.4 is 0 Å². The van der Waals surface area contributed by atoms with Crippen molar-refractivity contribution >= 4 is 29.5 Å². The van der Waals surface area contributed by atoms with Gasteiger partial charge >= 0.3 is 0 Å². The Hall–Kier alpha value is -1.20. The van der Waals surface area contributed by atoms with E-state index in [9.17, 15) is 4.79 Å². The van der Waals surface area contributed by atoms with Crippen molar-refractivity contribution in [3.8, 4) is 0 Å². The van der Waals surface area contributed by atoms with E-state index in [-0.39, 0.29) is 5.91 Å². The van der Waals surface area contributed by atoms with Gasteiger partial charge in [0.1, 0.15) is 0 Å². The minimum absolute atomic E-state index is 0.0677. The lowest BCUT2D eigenvalue weighted by molar-refractivity contribution is -0.129. The average molecular weight is 268 g/mol. The van der Waals surface area contributed by atoms with Crippen LogP contribution in [0.15, 0.2) is 25.3 Å². The molecule has 1 heterocycles. The maximum Gasteiger partial charge on any atom is 0.228 e. The van der Waals surface area contributed by atoms with Crippen LogP contribution in [-0.4, -0.2) is 28.9 Å². The summed E-state index contributed by atoms with van der Waals surface area (Å²) in [4.78, 5) is 17.8. The third-order valence-electron chi connectivity index (χ3n) is 2.29. The van der Waals surface area contributed by atoms with Crippen LogP contribution in [0, 0.1) is 10.9 Å². The first-order valence-corrected chi connectivity index (χ1v) is 6.49. The van der Waals surface area contributed by atoms with Gasteiger partial charge in [0.15, 0.2) is 3.95 Å². The van der Waals surface area contributed by atoms with E-state index in [0.717, 1.165) is 10.6 Å². The molecule has 0 aliphatic heterocycles. The molecule has 0 aliphatic carbocycles. The zero-order valence-electron chi connectivity index (χ0n) is 9.86. The molecule has 92 valence electrons. The lowest BCUT2D eigenvalue weighted by atomic mass is 10.2. The molecule has 5 heteroatoms. The van der Waals surface area contributed by atoms with Gasteiger partial charge in [-0.2, -0.15) is 0 Å². The van der Waals surface area contributed by atoms with Crippen LogP contribution >= 0.6 is 23.6 Å². The van der Waals surface area contributed by atoms with Gasteiger partial charge in [-0.15, -0.1) is 24.5 Å². The molecule has 1 amide bonds. The Labute approximate surface area is 110 Å². The van der Waals surface area contributed by atoms with Gasteiger partial charge in [0.2, 0.25) is 5.91 Å². The number of aromatic amines is 1. The Balaban J connectivity index is 2.75. The van der Waals surface area contributed by atoms with Gasteiger partial charge in [0.25, 0.3) is 0 Å². The van der Waals surface area contributed by atoms with E-state index in [1.54, 1.807) is 17.1 Å². The van der Waals surface area contributed by atoms with Gasteiger partial charge < -0.3 is 9.88 Å². The highest BCUT2D eigenvalue weighted by Gasteiger charge is 2.14. The molecule has 0 aromatic carbocycles. The normalized spacial score (nSPS) is 9.94. The van der Waals surface area contributed by atoms with Gasteiger partial charge in [-0.1, -0.05) is 12.2 Å². The smallest absolute Gasteiger partial charge is 0.228 e.